The van der Waals surface area contributed by atoms with Gasteiger partial charge in [0.1, 0.15) is 11.5 Å². The highest BCUT2D eigenvalue weighted by atomic mass is 32.1. The first kappa shape index (κ1) is 17.0. The molecule has 0 radical (unpaired) electrons. The minimum Gasteiger partial charge on any atom is -0.508 e. The molecule has 0 aliphatic carbocycles. The van der Waals surface area contributed by atoms with Gasteiger partial charge in [-0.15, -0.1) is 11.3 Å². The fourth-order valence-electron chi connectivity index (χ4n) is 2.42. The van der Waals surface area contributed by atoms with Crippen LogP contribution in [0, 0.1) is 13.8 Å². The van der Waals surface area contributed by atoms with Gasteiger partial charge in [-0.25, -0.2) is 4.68 Å². The fraction of sp³-hybridized carbons (Fsp3) is 0.158. The van der Waals surface area contributed by atoms with E-state index in [2.05, 4.69) is 42.1 Å². The molecule has 5 nitrogen and oxygen atoms in total. The van der Waals surface area contributed by atoms with Crippen molar-refractivity contribution in [2.24, 2.45) is 10.1 Å². The Morgan fingerprint density at radius 2 is 1.84 bits per heavy atom. The first-order valence-corrected chi connectivity index (χ1v) is 8.65. The van der Waals surface area contributed by atoms with Crippen molar-refractivity contribution in [2.75, 3.05) is 7.05 Å². The standard InChI is InChI=1S/C19H19N3O2S/c1-12-4-5-14(8-13(12)2)17-11-25-19(20-3)22(17)21-10-15-6-7-16(23)9-18(15)24/h4-11,23-24H,1-3H3. The van der Waals surface area contributed by atoms with Crippen molar-refractivity contribution in [3.8, 4) is 22.8 Å². The molecule has 0 bridgehead atoms. The number of hydrogen-bond donors (Lipinski definition) is 2. The first-order chi connectivity index (χ1) is 12.0. The number of benzene rings is 2. The Labute approximate surface area is 149 Å². The Hall–Kier alpha value is -2.86. The second-order valence-electron chi connectivity index (χ2n) is 5.73. The summed E-state index contributed by atoms with van der Waals surface area (Å²) in [5.74, 6) is -0.0137. The quantitative estimate of drug-likeness (QED) is 0.706. The lowest BCUT2D eigenvalue weighted by molar-refractivity contribution is 0.450. The van der Waals surface area contributed by atoms with Crippen LogP contribution < -0.4 is 4.80 Å². The van der Waals surface area contributed by atoms with Crippen molar-refractivity contribution in [3.63, 3.8) is 0 Å². The van der Waals surface area contributed by atoms with Crippen LogP contribution in [0.4, 0.5) is 0 Å². The maximum Gasteiger partial charge on any atom is 0.205 e. The third-order valence-corrected chi connectivity index (χ3v) is 4.91. The number of phenols is 2. The number of aromatic nitrogens is 1. The molecule has 0 fully saturated rings. The van der Waals surface area contributed by atoms with Crippen molar-refractivity contribution in [2.45, 2.75) is 13.8 Å². The molecule has 1 aromatic heterocycles. The molecule has 3 aromatic rings. The lowest BCUT2D eigenvalue weighted by atomic mass is 10.1. The van der Waals surface area contributed by atoms with Gasteiger partial charge in [-0.2, -0.15) is 5.10 Å². The zero-order valence-corrected chi connectivity index (χ0v) is 15.1. The number of hydrogen-bond acceptors (Lipinski definition) is 5. The lowest BCUT2D eigenvalue weighted by Gasteiger charge is -2.06. The van der Waals surface area contributed by atoms with Gasteiger partial charge in [-0.3, -0.25) is 4.99 Å². The molecule has 2 aromatic carbocycles. The van der Waals surface area contributed by atoms with Crippen LogP contribution in [0.15, 0.2) is 51.9 Å². The Kier molecular flexibility index (Phi) is 4.72. The van der Waals surface area contributed by atoms with Gasteiger partial charge in [-0.1, -0.05) is 12.1 Å². The van der Waals surface area contributed by atoms with Gasteiger partial charge in [0, 0.05) is 29.6 Å². The van der Waals surface area contributed by atoms with Gasteiger partial charge in [0.2, 0.25) is 4.80 Å². The maximum atomic E-state index is 9.92. The van der Waals surface area contributed by atoms with E-state index >= 15 is 0 Å². The molecule has 0 amide bonds. The summed E-state index contributed by atoms with van der Waals surface area (Å²) in [5, 5.41) is 25.8. The summed E-state index contributed by atoms with van der Waals surface area (Å²) in [4.78, 5) is 5.02. The van der Waals surface area contributed by atoms with E-state index in [9.17, 15) is 10.2 Å². The third-order valence-electron chi connectivity index (χ3n) is 4.01. The zero-order chi connectivity index (χ0) is 18.0. The molecular formula is C19H19N3O2S. The Morgan fingerprint density at radius 3 is 2.52 bits per heavy atom. The normalized spacial score (nSPS) is 12.2. The molecule has 0 spiro atoms. The number of aromatic hydroxyl groups is 2. The Bertz CT molecular complexity index is 1020. The van der Waals surface area contributed by atoms with Gasteiger partial charge < -0.3 is 10.2 Å². The molecule has 3 rings (SSSR count). The summed E-state index contributed by atoms with van der Waals surface area (Å²) in [6.45, 7) is 4.16. The lowest BCUT2D eigenvalue weighted by Crippen LogP contribution is -2.11. The molecule has 1 heterocycles. The van der Waals surface area contributed by atoms with Crippen molar-refractivity contribution in [3.05, 3.63) is 63.3 Å². The molecule has 2 N–H and O–H groups in total. The first-order valence-electron chi connectivity index (χ1n) is 7.77. The monoisotopic (exact) mass is 353 g/mol. The minimum absolute atomic E-state index is 0.0119. The van der Waals surface area contributed by atoms with E-state index in [1.54, 1.807) is 24.0 Å². The highest BCUT2D eigenvalue weighted by Gasteiger charge is 2.08. The van der Waals surface area contributed by atoms with E-state index in [4.69, 9.17) is 0 Å². The molecule has 6 heteroatoms. The summed E-state index contributed by atoms with van der Waals surface area (Å²) in [5.41, 5.74) is 4.96. The molecule has 0 saturated carbocycles. The number of phenolic OH excluding ortho intramolecular Hbond substituents is 2. The van der Waals surface area contributed by atoms with Gasteiger partial charge >= 0.3 is 0 Å². The molecule has 0 aliphatic heterocycles. The molecule has 0 atom stereocenters. The Morgan fingerprint density at radius 1 is 1.04 bits per heavy atom. The molecule has 0 unspecified atom stereocenters. The molecule has 0 saturated heterocycles. The van der Waals surface area contributed by atoms with E-state index in [0.717, 1.165) is 16.1 Å². The highest BCUT2D eigenvalue weighted by Crippen LogP contribution is 2.24. The second-order valence-corrected chi connectivity index (χ2v) is 6.56. The second kappa shape index (κ2) is 6.94. The average Bonchev–Trinajstić information content (AvgIpc) is 2.99. The van der Waals surface area contributed by atoms with Gasteiger partial charge in [0.15, 0.2) is 0 Å². The molecule has 25 heavy (non-hydrogen) atoms. The minimum atomic E-state index is -0.0257. The maximum absolute atomic E-state index is 9.92. The van der Waals surface area contributed by atoms with E-state index < -0.39 is 0 Å². The van der Waals surface area contributed by atoms with Crippen LogP contribution in [0.1, 0.15) is 16.7 Å². The summed E-state index contributed by atoms with van der Waals surface area (Å²) in [6.07, 6.45) is 1.56. The fourth-order valence-corrected chi connectivity index (χ4v) is 3.23. The molecular weight excluding hydrogens is 334 g/mol. The third kappa shape index (κ3) is 3.49. The smallest absolute Gasteiger partial charge is 0.205 e. The van der Waals surface area contributed by atoms with E-state index in [-0.39, 0.29) is 11.5 Å². The van der Waals surface area contributed by atoms with Crippen LogP contribution >= 0.6 is 11.3 Å². The summed E-state index contributed by atoms with van der Waals surface area (Å²) >= 11 is 1.50. The van der Waals surface area contributed by atoms with Crippen LogP contribution in [-0.2, 0) is 0 Å². The predicted octanol–water partition coefficient (Wildman–Crippen LogP) is 3.66. The van der Waals surface area contributed by atoms with Gasteiger partial charge in [0.25, 0.3) is 0 Å². The topological polar surface area (TPSA) is 70.1 Å². The predicted molar refractivity (Wildman–Crippen MR) is 101 cm³/mol. The summed E-state index contributed by atoms with van der Waals surface area (Å²) in [7, 11) is 1.72. The average molecular weight is 353 g/mol. The van der Waals surface area contributed by atoms with Crippen LogP contribution in [0.5, 0.6) is 11.5 Å². The SMILES string of the molecule is CN=c1scc(-c2ccc(C)c(C)c2)n1N=Cc1ccc(O)cc1O. The zero-order valence-electron chi connectivity index (χ0n) is 14.3. The number of thiazole rings is 1. The van der Waals surface area contributed by atoms with Gasteiger partial charge in [0.05, 0.1) is 11.9 Å². The Balaban J connectivity index is 2.08. The van der Waals surface area contributed by atoms with Crippen molar-refractivity contribution < 1.29 is 10.2 Å². The summed E-state index contributed by atoms with van der Waals surface area (Å²) in [6, 6.07) is 10.7. The number of aryl methyl sites for hydroxylation is 2. The van der Waals surface area contributed by atoms with Crippen molar-refractivity contribution in [1.82, 2.24) is 4.68 Å². The van der Waals surface area contributed by atoms with E-state index in [0.29, 0.717) is 5.56 Å². The van der Waals surface area contributed by atoms with Crippen LogP contribution in [0.25, 0.3) is 11.3 Å². The van der Waals surface area contributed by atoms with Crippen molar-refractivity contribution >= 4 is 17.6 Å². The summed E-state index contributed by atoms with van der Waals surface area (Å²) < 4.78 is 1.75. The van der Waals surface area contributed by atoms with Gasteiger partial charge in [-0.05, 0) is 43.2 Å². The van der Waals surface area contributed by atoms with E-state index in [1.807, 2.05) is 5.38 Å². The molecule has 0 aliphatic rings. The van der Waals surface area contributed by atoms with Crippen molar-refractivity contribution in [1.29, 1.82) is 0 Å². The molecule has 128 valence electrons. The number of rotatable bonds is 3. The highest BCUT2D eigenvalue weighted by molar-refractivity contribution is 7.07. The number of nitrogens with zero attached hydrogens (tertiary/aromatic N) is 3. The van der Waals surface area contributed by atoms with Crippen LogP contribution in [0.3, 0.4) is 0 Å². The van der Waals surface area contributed by atoms with E-state index in [1.165, 1.54) is 34.6 Å². The van der Waals surface area contributed by atoms with Crippen LogP contribution in [0.2, 0.25) is 0 Å². The van der Waals surface area contributed by atoms with Crippen LogP contribution in [-0.4, -0.2) is 28.2 Å². The largest absolute Gasteiger partial charge is 0.508 e.